The number of hydrogen-bond acceptors (Lipinski definition) is 0. The fourth-order valence-corrected chi connectivity index (χ4v) is 8.48. The van der Waals surface area contributed by atoms with Crippen molar-refractivity contribution in [2.75, 3.05) is 0 Å². The molecule has 0 radical (unpaired) electrons. The van der Waals surface area contributed by atoms with E-state index < -0.39 is 0 Å². The Hall–Kier alpha value is -1.96. The molecule has 0 aromatic heterocycles. The molecule has 0 N–H and O–H groups in total. The van der Waals surface area contributed by atoms with Crippen LogP contribution < -0.4 is 0 Å². The summed E-state index contributed by atoms with van der Waals surface area (Å²) >= 11 is 0. The maximum absolute atomic E-state index is 15.4. The third kappa shape index (κ3) is 8.15. The van der Waals surface area contributed by atoms with Crippen LogP contribution in [-0.4, -0.2) is 0 Å². The lowest BCUT2D eigenvalue weighted by molar-refractivity contribution is 0.299. The van der Waals surface area contributed by atoms with E-state index in [0.29, 0.717) is 11.8 Å². The van der Waals surface area contributed by atoms with Crippen molar-refractivity contribution in [1.82, 2.24) is 0 Å². The van der Waals surface area contributed by atoms with Crippen molar-refractivity contribution < 1.29 is 8.78 Å². The molecular weight excluding hydrogens is 518 g/mol. The molecule has 1 unspecified atom stereocenters. The van der Waals surface area contributed by atoms with E-state index in [1.807, 2.05) is 6.07 Å². The molecule has 0 heterocycles. The first-order valence-electron chi connectivity index (χ1n) is 17.8. The minimum absolute atomic E-state index is 0.0186. The van der Waals surface area contributed by atoms with E-state index in [0.717, 1.165) is 60.6 Å². The highest BCUT2D eigenvalue weighted by Gasteiger charge is 2.27. The maximum Gasteiger partial charge on any atom is 0.127 e. The van der Waals surface area contributed by atoms with Crippen molar-refractivity contribution in [3.8, 4) is 0 Å². The van der Waals surface area contributed by atoms with Crippen LogP contribution >= 0.6 is 0 Å². The number of allylic oxidation sites excluding steroid dienone is 2. The highest BCUT2D eigenvalue weighted by Crippen LogP contribution is 2.42. The summed E-state index contributed by atoms with van der Waals surface area (Å²) in [5, 5.41) is 0. The average Bonchev–Trinajstić information content (AvgIpc) is 3.02. The molecule has 2 fully saturated rings. The van der Waals surface area contributed by atoms with Gasteiger partial charge in [-0.1, -0.05) is 95.6 Å². The van der Waals surface area contributed by atoms with Crippen LogP contribution in [0.2, 0.25) is 0 Å². The Morgan fingerprint density at radius 1 is 0.595 bits per heavy atom. The van der Waals surface area contributed by atoms with Gasteiger partial charge in [-0.15, -0.1) is 0 Å². The van der Waals surface area contributed by atoms with E-state index in [2.05, 4.69) is 44.2 Å². The van der Waals surface area contributed by atoms with Gasteiger partial charge in [0.2, 0.25) is 0 Å². The Labute approximate surface area is 255 Å². The Morgan fingerprint density at radius 3 is 1.71 bits per heavy atom. The van der Waals surface area contributed by atoms with Gasteiger partial charge in [-0.3, -0.25) is 0 Å². The van der Waals surface area contributed by atoms with E-state index in [1.165, 1.54) is 101 Å². The summed E-state index contributed by atoms with van der Waals surface area (Å²) in [6.45, 7) is 4.54. The van der Waals surface area contributed by atoms with E-state index in [9.17, 15) is 0 Å². The molecule has 0 bridgehead atoms. The van der Waals surface area contributed by atoms with Crippen LogP contribution in [0.15, 0.2) is 42.5 Å². The summed E-state index contributed by atoms with van der Waals surface area (Å²) in [5.74, 6) is 2.79. The van der Waals surface area contributed by atoms with Gasteiger partial charge in [0.05, 0.1) is 0 Å². The van der Waals surface area contributed by atoms with E-state index >= 15 is 8.78 Å². The average molecular weight is 575 g/mol. The molecule has 230 valence electrons. The topological polar surface area (TPSA) is 0 Å². The molecule has 3 aliphatic rings. The van der Waals surface area contributed by atoms with Gasteiger partial charge in [0.25, 0.3) is 0 Å². The molecule has 0 aliphatic heterocycles. The molecule has 0 saturated heterocycles. The zero-order chi connectivity index (χ0) is 29.3. The minimum Gasteiger partial charge on any atom is -0.207 e. The van der Waals surface area contributed by atoms with Crippen molar-refractivity contribution in [3.63, 3.8) is 0 Å². The molecule has 0 amide bonds. The third-order valence-corrected chi connectivity index (χ3v) is 11.3. The standard InChI is InChI=1S/C40H56F2/c1-3-5-7-9-29-11-15-31(16-12-29)35-23-26-38(40(42)27-35)34-21-19-32(20-22-34)36-24-25-37(39(41)28-36)33-17-13-30(14-18-33)10-8-6-4-2/h19,23-31,33-34H,3-18,20-22H2,1-2H3. The zero-order valence-electron chi connectivity index (χ0n) is 26.6. The van der Waals surface area contributed by atoms with Crippen molar-refractivity contribution in [3.05, 3.63) is 76.4 Å². The summed E-state index contributed by atoms with van der Waals surface area (Å²) in [6, 6.07) is 12.1. The highest BCUT2D eigenvalue weighted by molar-refractivity contribution is 5.67. The first-order valence-corrected chi connectivity index (χ1v) is 17.8. The van der Waals surface area contributed by atoms with Gasteiger partial charge in [0, 0.05) is 0 Å². The summed E-state index contributed by atoms with van der Waals surface area (Å²) in [4.78, 5) is 0. The second kappa shape index (κ2) is 15.7. The first-order chi connectivity index (χ1) is 20.6. The summed E-state index contributed by atoms with van der Waals surface area (Å²) in [6.07, 6.45) is 25.4. The van der Waals surface area contributed by atoms with Crippen LogP contribution in [0, 0.1) is 23.5 Å². The minimum atomic E-state index is -0.0263. The summed E-state index contributed by atoms with van der Waals surface area (Å²) in [5.41, 5.74) is 5.24. The lowest BCUT2D eigenvalue weighted by Gasteiger charge is -2.30. The molecule has 2 aromatic rings. The van der Waals surface area contributed by atoms with Gasteiger partial charge in [-0.25, -0.2) is 8.78 Å². The van der Waals surface area contributed by atoms with Gasteiger partial charge in [-0.05, 0) is 140 Å². The van der Waals surface area contributed by atoms with Gasteiger partial charge in [0.15, 0.2) is 0 Å². The van der Waals surface area contributed by atoms with E-state index in [1.54, 1.807) is 6.07 Å². The smallest absolute Gasteiger partial charge is 0.127 e. The molecule has 2 aromatic carbocycles. The van der Waals surface area contributed by atoms with Gasteiger partial charge < -0.3 is 0 Å². The molecule has 5 rings (SSSR count). The van der Waals surface area contributed by atoms with Crippen molar-refractivity contribution in [2.24, 2.45) is 11.8 Å². The molecule has 3 aliphatic carbocycles. The van der Waals surface area contributed by atoms with Crippen molar-refractivity contribution >= 4 is 5.57 Å². The highest BCUT2D eigenvalue weighted by atomic mass is 19.1. The van der Waals surface area contributed by atoms with Crippen LogP contribution in [0.5, 0.6) is 0 Å². The molecule has 42 heavy (non-hydrogen) atoms. The van der Waals surface area contributed by atoms with Crippen molar-refractivity contribution in [2.45, 2.75) is 154 Å². The predicted octanol–water partition coefficient (Wildman–Crippen LogP) is 13.0. The lowest BCUT2D eigenvalue weighted by atomic mass is 9.76. The second-order valence-corrected chi connectivity index (χ2v) is 14.1. The van der Waals surface area contributed by atoms with Crippen LogP contribution in [-0.2, 0) is 0 Å². The zero-order valence-corrected chi connectivity index (χ0v) is 26.6. The molecule has 2 heteroatoms. The Bertz CT molecular complexity index is 1150. The Balaban J connectivity index is 1.13. The van der Waals surface area contributed by atoms with Gasteiger partial charge >= 0.3 is 0 Å². The quantitative estimate of drug-likeness (QED) is 0.221. The normalized spacial score (nSPS) is 26.7. The molecule has 1 atom stereocenters. The molecule has 0 nitrogen and oxygen atoms in total. The molecule has 2 saturated carbocycles. The van der Waals surface area contributed by atoms with E-state index in [-0.39, 0.29) is 17.6 Å². The van der Waals surface area contributed by atoms with Crippen LogP contribution in [0.3, 0.4) is 0 Å². The van der Waals surface area contributed by atoms with Gasteiger partial charge in [0.1, 0.15) is 11.6 Å². The third-order valence-electron chi connectivity index (χ3n) is 11.3. The summed E-state index contributed by atoms with van der Waals surface area (Å²) in [7, 11) is 0. The number of hydrogen-bond donors (Lipinski definition) is 0. The van der Waals surface area contributed by atoms with Crippen LogP contribution in [0.25, 0.3) is 5.57 Å². The monoisotopic (exact) mass is 574 g/mol. The Kier molecular flexibility index (Phi) is 11.7. The van der Waals surface area contributed by atoms with E-state index in [4.69, 9.17) is 0 Å². The number of unbranched alkanes of at least 4 members (excludes halogenated alkanes) is 4. The van der Waals surface area contributed by atoms with Crippen LogP contribution in [0.4, 0.5) is 8.78 Å². The molecule has 0 spiro atoms. The Morgan fingerprint density at radius 2 is 1.17 bits per heavy atom. The number of rotatable bonds is 12. The second-order valence-electron chi connectivity index (χ2n) is 14.1. The molecular formula is C40H56F2. The predicted molar refractivity (Wildman–Crippen MR) is 175 cm³/mol. The maximum atomic E-state index is 15.4. The summed E-state index contributed by atoms with van der Waals surface area (Å²) < 4.78 is 30.7. The SMILES string of the molecule is CCCCCC1CCC(c2ccc(C3CC=C(c4ccc(C5CCC(CCCCC)CC5)c(F)c4)CC3)c(F)c2)CC1. The number of benzene rings is 2. The number of halogens is 2. The van der Waals surface area contributed by atoms with Gasteiger partial charge in [-0.2, -0.15) is 0 Å². The lowest BCUT2D eigenvalue weighted by Crippen LogP contribution is -2.14. The largest absolute Gasteiger partial charge is 0.207 e. The van der Waals surface area contributed by atoms with Crippen molar-refractivity contribution in [1.29, 1.82) is 0 Å². The first kappa shape index (κ1) is 31.5. The van der Waals surface area contributed by atoms with Crippen LogP contribution in [0.1, 0.15) is 176 Å². The fourth-order valence-electron chi connectivity index (χ4n) is 8.48. The fraction of sp³-hybridized carbons (Fsp3) is 0.650.